The Bertz CT molecular complexity index is 513. The molecule has 0 aromatic heterocycles. The lowest BCUT2D eigenvalue weighted by Gasteiger charge is -2.24. The average Bonchev–Trinajstić information content (AvgIpc) is 2.33. The fourth-order valence-corrected chi connectivity index (χ4v) is 5.53. The van der Waals surface area contributed by atoms with Crippen LogP contribution in [-0.2, 0) is 4.74 Å². The Morgan fingerprint density at radius 1 is 1.20 bits per heavy atom. The summed E-state index contributed by atoms with van der Waals surface area (Å²) in [5.74, 6) is 0.471. The Hall–Kier alpha value is 0.680. The number of halogens is 3. The van der Waals surface area contributed by atoms with Gasteiger partial charge in [-0.25, -0.2) is 4.79 Å². The summed E-state index contributed by atoms with van der Waals surface area (Å²) in [7, 11) is 0. The monoisotopic (exact) mass is 614 g/mol. The number of esters is 1. The second-order valence-corrected chi connectivity index (χ2v) is 8.20. The van der Waals surface area contributed by atoms with Crippen LogP contribution in [0.25, 0.3) is 0 Å². The number of hydrogen-bond donors (Lipinski definition) is 0. The topological polar surface area (TPSA) is 35.5 Å². The van der Waals surface area contributed by atoms with Gasteiger partial charge in [0.1, 0.15) is 11.4 Å². The molecule has 6 heteroatoms. The number of rotatable bonds is 5. The fourth-order valence-electron chi connectivity index (χ4n) is 1.41. The summed E-state index contributed by atoms with van der Waals surface area (Å²) in [4.78, 5) is 12.4. The van der Waals surface area contributed by atoms with E-state index in [1.807, 2.05) is 33.8 Å². The van der Waals surface area contributed by atoms with Gasteiger partial charge in [0.25, 0.3) is 0 Å². The van der Waals surface area contributed by atoms with Crippen LogP contribution in [0.1, 0.15) is 44.5 Å². The molecule has 1 aromatic carbocycles. The van der Waals surface area contributed by atoms with E-state index in [9.17, 15) is 4.79 Å². The van der Waals surface area contributed by atoms with Crippen LogP contribution in [0, 0.1) is 10.7 Å². The average molecular weight is 614 g/mol. The highest BCUT2D eigenvalue weighted by Crippen LogP contribution is 2.34. The first-order valence-electron chi connectivity index (χ1n) is 6.27. The molecule has 0 saturated heterocycles. The van der Waals surface area contributed by atoms with Crippen LogP contribution < -0.4 is 4.74 Å². The van der Waals surface area contributed by atoms with Crippen LogP contribution in [0.15, 0.2) is 6.07 Å². The highest BCUT2D eigenvalue weighted by Gasteiger charge is 2.27. The summed E-state index contributed by atoms with van der Waals surface area (Å²) in [6.07, 6.45) is 0.772. The molecule has 0 atom stereocenters. The summed E-state index contributed by atoms with van der Waals surface area (Å²) in [6.45, 7) is 8.34. The first-order chi connectivity index (χ1) is 9.23. The number of carbonyl (C=O) groups excluding carboxylic acids is 1. The van der Waals surface area contributed by atoms with Crippen molar-refractivity contribution in [2.24, 2.45) is 0 Å². The summed E-state index contributed by atoms with van der Waals surface area (Å²) in [6, 6.07) is 1.95. The molecule has 0 aliphatic rings. The molecule has 0 aliphatic heterocycles. The minimum atomic E-state index is -0.460. The molecule has 1 rings (SSSR count). The van der Waals surface area contributed by atoms with Crippen molar-refractivity contribution in [2.75, 3.05) is 6.61 Å². The van der Waals surface area contributed by atoms with Crippen LogP contribution in [0.2, 0.25) is 0 Å². The lowest BCUT2D eigenvalue weighted by atomic mass is 10.1. The minimum absolute atomic E-state index is 0.289. The van der Waals surface area contributed by atoms with E-state index < -0.39 is 5.60 Å². The standard InChI is InChI=1S/C14H17I3O3/c1-5-14(3,4)20-13(18)10-8(15)7-9(16)12(11(10)17)19-6-2/h7H,5-6H2,1-4H3. The van der Waals surface area contributed by atoms with Crippen molar-refractivity contribution >= 4 is 73.7 Å². The van der Waals surface area contributed by atoms with E-state index >= 15 is 0 Å². The molecular formula is C14H17I3O3. The molecule has 0 aliphatic carbocycles. The Kier molecular flexibility index (Phi) is 7.30. The highest BCUT2D eigenvalue weighted by molar-refractivity contribution is 14.1. The van der Waals surface area contributed by atoms with Gasteiger partial charge >= 0.3 is 5.97 Å². The van der Waals surface area contributed by atoms with Crippen LogP contribution in [-0.4, -0.2) is 18.2 Å². The van der Waals surface area contributed by atoms with E-state index in [0.29, 0.717) is 12.2 Å². The molecule has 20 heavy (non-hydrogen) atoms. The van der Waals surface area contributed by atoms with E-state index in [1.54, 1.807) is 0 Å². The van der Waals surface area contributed by atoms with Gasteiger partial charge in [-0.05, 0) is 101 Å². The zero-order chi connectivity index (χ0) is 15.5. The zero-order valence-electron chi connectivity index (χ0n) is 11.9. The number of hydrogen-bond acceptors (Lipinski definition) is 3. The molecule has 0 bridgehead atoms. The summed E-state index contributed by atoms with van der Waals surface area (Å²) in [5, 5.41) is 0. The molecular weight excluding hydrogens is 597 g/mol. The van der Waals surface area contributed by atoms with Gasteiger partial charge in [0.15, 0.2) is 0 Å². The third-order valence-corrected chi connectivity index (χ3v) is 5.52. The molecule has 0 spiro atoms. The van der Waals surface area contributed by atoms with Crippen LogP contribution >= 0.6 is 67.8 Å². The predicted molar refractivity (Wildman–Crippen MR) is 106 cm³/mol. The summed E-state index contributed by atoms with van der Waals surface area (Å²) >= 11 is 6.55. The van der Waals surface area contributed by atoms with Crippen LogP contribution in [0.4, 0.5) is 0 Å². The van der Waals surface area contributed by atoms with Gasteiger partial charge in [-0.2, -0.15) is 0 Å². The van der Waals surface area contributed by atoms with Crippen molar-refractivity contribution in [3.05, 3.63) is 22.3 Å². The Morgan fingerprint density at radius 2 is 1.80 bits per heavy atom. The van der Waals surface area contributed by atoms with Gasteiger partial charge in [-0.1, -0.05) is 6.92 Å². The minimum Gasteiger partial charge on any atom is -0.492 e. The highest BCUT2D eigenvalue weighted by atomic mass is 127. The van der Waals surface area contributed by atoms with Crippen LogP contribution in [0.3, 0.4) is 0 Å². The quantitative estimate of drug-likeness (QED) is 0.337. The van der Waals surface area contributed by atoms with Crippen LogP contribution in [0.5, 0.6) is 5.75 Å². The zero-order valence-corrected chi connectivity index (χ0v) is 18.3. The van der Waals surface area contributed by atoms with E-state index in [2.05, 4.69) is 67.8 Å². The molecule has 0 saturated carbocycles. The maximum Gasteiger partial charge on any atom is 0.340 e. The SMILES string of the molecule is CCOc1c(I)cc(I)c(C(=O)OC(C)(C)CC)c1I. The summed E-state index contributed by atoms with van der Waals surface area (Å²) in [5.41, 5.74) is 0.134. The van der Waals surface area contributed by atoms with E-state index in [-0.39, 0.29) is 5.97 Å². The van der Waals surface area contributed by atoms with Gasteiger partial charge in [-0.3, -0.25) is 0 Å². The van der Waals surface area contributed by atoms with Crippen molar-refractivity contribution in [3.63, 3.8) is 0 Å². The first-order valence-corrected chi connectivity index (χ1v) is 9.50. The van der Waals surface area contributed by atoms with E-state index in [0.717, 1.165) is 22.9 Å². The van der Waals surface area contributed by atoms with Gasteiger partial charge in [0.2, 0.25) is 0 Å². The lowest BCUT2D eigenvalue weighted by Crippen LogP contribution is -2.28. The molecule has 0 unspecified atom stereocenters. The lowest BCUT2D eigenvalue weighted by molar-refractivity contribution is -0.00272. The molecule has 1 aromatic rings. The third-order valence-electron chi connectivity index (χ3n) is 2.84. The van der Waals surface area contributed by atoms with E-state index in [4.69, 9.17) is 9.47 Å². The molecule has 3 nitrogen and oxygen atoms in total. The van der Waals surface area contributed by atoms with Gasteiger partial charge in [0, 0.05) is 3.57 Å². The Morgan fingerprint density at radius 3 is 2.30 bits per heavy atom. The van der Waals surface area contributed by atoms with Crippen molar-refractivity contribution < 1.29 is 14.3 Å². The van der Waals surface area contributed by atoms with Crippen molar-refractivity contribution in [1.82, 2.24) is 0 Å². The summed E-state index contributed by atoms with van der Waals surface area (Å²) < 4.78 is 14.0. The normalized spacial score (nSPS) is 11.3. The van der Waals surface area contributed by atoms with Crippen molar-refractivity contribution in [2.45, 2.75) is 39.7 Å². The first kappa shape index (κ1) is 18.7. The second-order valence-electron chi connectivity index (χ2n) is 4.79. The van der Waals surface area contributed by atoms with Crippen molar-refractivity contribution in [3.8, 4) is 5.75 Å². The fraction of sp³-hybridized carbons (Fsp3) is 0.500. The molecule has 0 radical (unpaired) electrons. The third kappa shape index (κ3) is 4.59. The molecule has 0 N–H and O–H groups in total. The molecule has 112 valence electrons. The van der Waals surface area contributed by atoms with E-state index in [1.165, 1.54) is 0 Å². The van der Waals surface area contributed by atoms with Crippen molar-refractivity contribution in [1.29, 1.82) is 0 Å². The molecule has 0 heterocycles. The van der Waals surface area contributed by atoms with Gasteiger partial charge in [0.05, 0.1) is 19.3 Å². The Balaban J connectivity index is 3.24. The Labute approximate surface area is 161 Å². The predicted octanol–water partition coefficient (Wildman–Crippen LogP) is 5.24. The molecule has 0 fully saturated rings. The number of carbonyl (C=O) groups is 1. The number of benzene rings is 1. The molecule has 0 amide bonds. The maximum absolute atomic E-state index is 12.4. The van der Waals surface area contributed by atoms with Gasteiger partial charge < -0.3 is 9.47 Å². The maximum atomic E-state index is 12.4. The smallest absolute Gasteiger partial charge is 0.340 e. The number of ether oxygens (including phenoxy) is 2. The largest absolute Gasteiger partial charge is 0.492 e. The second kappa shape index (κ2) is 7.80. The van der Waals surface area contributed by atoms with Gasteiger partial charge in [-0.15, -0.1) is 0 Å².